The number of para-hydroxylation sites is 1. The smallest absolute Gasteiger partial charge is 0.339 e. The Morgan fingerprint density at radius 2 is 1.75 bits per heavy atom. The Hall–Kier alpha value is -3.74. The van der Waals surface area contributed by atoms with Gasteiger partial charge in [-0.1, -0.05) is 24.3 Å². The molecule has 2 aromatic carbocycles. The van der Waals surface area contributed by atoms with Gasteiger partial charge in [-0.25, -0.2) is 14.8 Å². The second-order valence-electron chi connectivity index (χ2n) is 6.22. The van der Waals surface area contributed by atoms with E-state index >= 15 is 0 Å². The first kappa shape index (κ1) is 19.0. The van der Waals surface area contributed by atoms with Crippen molar-refractivity contribution >= 4 is 29.1 Å². The first-order valence-corrected chi connectivity index (χ1v) is 8.63. The van der Waals surface area contributed by atoms with E-state index in [1.54, 1.807) is 24.3 Å². The summed E-state index contributed by atoms with van der Waals surface area (Å²) in [5.41, 5.74) is 3.86. The van der Waals surface area contributed by atoms with E-state index in [4.69, 9.17) is 4.74 Å². The SMILES string of the molecule is COC(=O)c1ccccc1Nc1cnc(C(=O)Nc2cc(C)ccc2C)cn1. The monoisotopic (exact) mass is 376 g/mol. The van der Waals surface area contributed by atoms with E-state index in [0.717, 1.165) is 16.8 Å². The minimum Gasteiger partial charge on any atom is -0.465 e. The maximum Gasteiger partial charge on any atom is 0.339 e. The first-order valence-electron chi connectivity index (χ1n) is 8.63. The van der Waals surface area contributed by atoms with Crippen LogP contribution in [0.4, 0.5) is 17.2 Å². The summed E-state index contributed by atoms with van der Waals surface area (Å²) in [6, 6.07) is 12.7. The minimum atomic E-state index is -0.458. The van der Waals surface area contributed by atoms with Gasteiger partial charge in [0.05, 0.1) is 30.8 Å². The van der Waals surface area contributed by atoms with Crippen molar-refractivity contribution in [3.8, 4) is 0 Å². The molecular formula is C21H20N4O3. The molecule has 0 spiro atoms. The molecule has 142 valence electrons. The van der Waals surface area contributed by atoms with Crippen LogP contribution in [0.15, 0.2) is 54.9 Å². The second-order valence-corrected chi connectivity index (χ2v) is 6.22. The number of ether oxygens (including phenoxy) is 1. The van der Waals surface area contributed by atoms with E-state index in [-0.39, 0.29) is 11.6 Å². The van der Waals surface area contributed by atoms with Crippen LogP contribution in [0.3, 0.4) is 0 Å². The molecule has 0 aliphatic heterocycles. The highest BCUT2D eigenvalue weighted by Gasteiger charge is 2.13. The summed E-state index contributed by atoms with van der Waals surface area (Å²) in [5.74, 6) is -0.400. The Kier molecular flexibility index (Phi) is 5.64. The van der Waals surface area contributed by atoms with Crippen LogP contribution in [0, 0.1) is 13.8 Å². The number of esters is 1. The average molecular weight is 376 g/mol. The van der Waals surface area contributed by atoms with Gasteiger partial charge in [0.25, 0.3) is 5.91 Å². The van der Waals surface area contributed by atoms with E-state index in [1.807, 2.05) is 32.0 Å². The third kappa shape index (κ3) is 4.32. The molecule has 3 aromatic rings. The number of carbonyl (C=O) groups is 2. The van der Waals surface area contributed by atoms with E-state index < -0.39 is 5.97 Å². The van der Waals surface area contributed by atoms with Crippen LogP contribution in [0.2, 0.25) is 0 Å². The number of nitrogens with zero attached hydrogens (tertiary/aromatic N) is 2. The second kappa shape index (κ2) is 8.30. The van der Waals surface area contributed by atoms with Crippen LogP contribution in [-0.2, 0) is 4.74 Å². The fourth-order valence-corrected chi connectivity index (χ4v) is 2.58. The van der Waals surface area contributed by atoms with Crippen LogP contribution >= 0.6 is 0 Å². The topological polar surface area (TPSA) is 93.2 Å². The molecule has 0 unspecified atom stereocenters. The van der Waals surface area contributed by atoms with Gasteiger partial charge in [-0.3, -0.25) is 4.79 Å². The Balaban J connectivity index is 1.74. The normalized spacial score (nSPS) is 10.2. The third-order valence-corrected chi connectivity index (χ3v) is 4.12. The molecule has 0 aliphatic rings. The third-order valence-electron chi connectivity index (χ3n) is 4.12. The van der Waals surface area contributed by atoms with Gasteiger partial charge >= 0.3 is 5.97 Å². The van der Waals surface area contributed by atoms with Gasteiger partial charge < -0.3 is 15.4 Å². The number of anilines is 3. The molecule has 7 nitrogen and oxygen atoms in total. The van der Waals surface area contributed by atoms with Crippen molar-refractivity contribution in [2.75, 3.05) is 17.7 Å². The minimum absolute atomic E-state index is 0.188. The number of nitrogens with one attached hydrogen (secondary N) is 2. The van der Waals surface area contributed by atoms with Crippen LogP contribution in [0.25, 0.3) is 0 Å². The maximum atomic E-state index is 12.4. The highest BCUT2D eigenvalue weighted by atomic mass is 16.5. The van der Waals surface area contributed by atoms with Crippen molar-refractivity contribution in [2.45, 2.75) is 13.8 Å². The number of hydrogen-bond donors (Lipinski definition) is 2. The maximum absolute atomic E-state index is 12.4. The highest BCUT2D eigenvalue weighted by molar-refractivity contribution is 6.03. The zero-order chi connectivity index (χ0) is 20.1. The van der Waals surface area contributed by atoms with Gasteiger partial charge in [-0.05, 0) is 43.2 Å². The lowest BCUT2D eigenvalue weighted by molar-refractivity contribution is 0.0601. The largest absolute Gasteiger partial charge is 0.465 e. The Labute approximate surface area is 162 Å². The first-order chi connectivity index (χ1) is 13.5. The number of aryl methyl sites for hydroxylation is 2. The molecule has 0 saturated carbocycles. The van der Waals surface area contributed by atoms with Crippen LogP contribution in [0.1, 0.15) is 32.0 Å². The van der Waals surface area contributed by atoms with Gasteiger partial charge in [0.15, 0.2) is 0 Å². The van der Waals surface area contributed by atoms with Crippen molar-refractivity contribution in [3.05, 3.63) is 77.2 Å². The summed E-state index contributed by atoms with van der Waals surface area (Å²) in [7, 11) is 1.32. The summed E-state index contributed by atoms with van der Waals surface area (Å²) in [6.07, 6.45) is 2.82. The average Bonchev–Trinajstić information content (AvgIpc) is 2.71. The molecule has 0 saturated heterocycles. The molecule has 7 heteroatoms. The lowest BCUT2D eigenvalue weighted by atomic mass is 10.1. The number of rotatable bonds is 5. The van der Waals surface area contributed by atoms with Crippen molar-refractivity contribution in [3.63, 3.8) is 0 Å². The summed E-state index contributed by atoms with van der Waals surface area (Å²) < 4.78 is 4.77. The number of hydrogen-bond acceptors (Lipinski definition) is 6. The van der Waals surface area contributed by atoms with Gasteiger partial charge in [0.1, 0.15) is 11.5 Å². The van der Waals surface area contributed by atoms with Crippen LogP contribution in [-0.4, -0.2) is 29.0 Å². The summed E-state index contributed by atoms with van der Waals surface area (Å²) in [4.78, 5) is 32.7. The number of carbonyl (C=O) groups excluding carboxylic acids is 2. The van der Waals surface area contributed by atoms with Gasteiger partial charge in [0, 0.05) is 5.69 Å². The predicted molar refractivity (Wildman–Crippen MR) is 107 cm³/mol. The van der Waals surface area contributed by atoms with E-state index in [0.29, 0.717) is 17.1 Å². The molecule has 0 aliphatic carbocycles. The fraction of sp³-hybridized carbons (Fsp3) is 0.143. The Morgan fingerprint density at radius 1 is 0.964 bits per heavy atom. The van der Waals surface area contributed by atoms with Crippen molar-refractivity contribution < 1.29 is 14.3 Å². The predicted octanol–water partition coefficient (Wildman–Crippen LogP) is 3.88. The van der Waals surface area contributed by atoms with Gasteiger partial charge in [0.2, 0.25) is 0 Å². The van der Waals surface area contributed by atoms with E-state index in [1.165, 1.54) is 19.5 Å². The molecule has 0 bridgehead atoms. The summed E-state index contributed by atoms with van der Waals surface area (Å²) in [5, 5.41) is 5.86. The van der Waals surface area contributed by atoms with Crippen molar-refractivity contribution in [1.29, 1.82) is 0 Å². The zero-order valence-electron chi connectivity index (χ0n) is 15.8. The quantitative estimate of drug-likeness (QED) is 0.657. The molecule has 1 heterocycles. The Morgan fingerprint density at radius 3 is 2.46 bits per heavy atom. The Bertz CT molecular complexity index is 1020. The molecule has 1 aromatic heterocycles. The van der Waals surface area contributed by atoms with E-state index in [9.17, 15) is 9.59 Å². The molecule has 0 atom stereocenters. The molecule has 3 rings (SSSR count). The van der Waals surface area contributed by atoms with Crippen molar-refractivity contribution in [2.24, 2.45) is 0 Å². The molecule has 2 N–H and O–H groups in total. The molecule has 1 amide bonds. The lowest BCUT2D eigenvalue weighted by Gasteiger charge is -2.11. The zero-order valence-corrected chi connectivity index (χ0v) is 15.8. The fourth-order valence-electron chi connectivity index (χ4n) is 2.58. The van der Waals surface area contributed by atoms with Gasteiger partial charge in [-0.2, -0.15) is 0 Å². The molecular weight excluding hydrogens is 356 g/mol. The van der Waals surface area contributed by atoms with E-state index in [2.05, 4.69) is 20.6 Å². The molecule has 0 fully saturated rings. The van der Waals surface area contributed by atoms with Gasteiger partial charge in [-0.15, -0.1) is 0 Å². The van der Waals surface area contributed by atoms with Crippen LogP contribution < -0.4 is 10.6 Å². The highest BCUT2D eigenvalue weighted by Crippen LogP contribution is 2.20. The number of amides is 1. The summed E-state index contributed by atoms with van der Waals surface area (Å²) in [6.45, 7) is 3.88. The number of methoxy groups -OCH3 is 1. The van der Waals surface area contributed by atoms with Crippen molar-refractivity contribution in [1.82, 2.24) is 9.97 Å². The number of benzene rings is 2. The number of aromatic nitrogens is 2. The standard InChI is InChI=1S/C21H20N4O3/c1-13-8-9-14(2)17(10-13)25-20(26)18-11-23-19(12-22-18)24-16-7-5-4-6-15(16)21(27)28-3/h4-12H,1-3H3,(H,23,24)(H,25,26). The lowest BCUT2D eigenvalue weighted by Crippen LogP contribution is -2.15. The molecule has 28 heavy (non-hydrogen) atoms. The summed E-state index contributed by atoms with van der Waals surface area (Å²) >= 11 is 0. The molecule has 0 radical (unpaired) electrons. The van der Waals surface area contributed by atoms with Crippen LogP contribution in [0.5, 0.6) is 0 Å².